The Morgan fingerprint density at radius 3 is 2.68 bits per heavy atom. The molecule has 0 heterocycles. The second kappa shape index (κ2) is 7.62. The fraction of sp³-hybridized carbons (Fsp3) is 0.143. The Morgan fingerprint density at radius 1 is 1.04 bits per heavy atom. The number of carbonyl (C=O) groups excluding carboxylic acids is 1. The zero-order valence-electron chi connectivity index (χ0n) is 14.3. The van der Waals surface area contributed by atoms with Gasteiger partial charge in [-0.1, -0.05) is 48.5 Å². The van der Waals surface area contributed by atoms with Crippen LogP contribution in [0.25, 0.3) is 10.8 Å². The topological polar surface area (TPSA) is 50.7 Å². The SMILES string of the molecule is Cc1ccc(C)c(OCC(=O)N/N=C\c2ccc3ccccc3c2)c1. The van der Waals surface area contributed by atoms with Crippen molar-refractivity contribution in [2.45, 2.75) is 13.8 Å². The molecule has 4 heteroatoms. The molecule has 0 atom stereocenters. The van der Waals surface area contributed by atoms with E-state index in [1.807, 2.05) is 68.4 Å². The van der Waals surface area contributed by atoms with Crippen LogP contribution in [0.15, 0.2) is 65.8 Å². The molecule has 0 saturated carbocycles. The van der Waals surface area contributed by atoms with Gasteiger partial charge in [-0.25, -0.2) is 5.43 Å². The van der Waals surface area contributed by atoms with E-state index in [1.54, 1.807) is 6.21 Å². The molecule has 0 aliphatic rings. The molecule has 0 aliphatic heterocycles. The van der Waals surface area contributed by atoms with Crippen molar-refractivity contribution in [2.24, 2.45) is 5.10 Å². The molecule has 3 rings (SSSR count). The van der Waals surface area contributed by atoms with E-state index in [-0.39, 0.29) is 12.5 Å². The number of hydrazone groups is 1. The number of nitrogens with zero attached hydrogens (tertiary/aromatic N) is 1. The fourth-order valence-corrected chi connectivity index (χ4v) is 2.51. The van der Waals surface area contributed by atoms with Gasteiger partial charge in [0.15, 0.2) is 6.61 Å². The molecule has 1 amide bonds. The molecule has 25 heavy (non-hydrogen) atoms. The molecule has 4 nitrogen and oxygen atoms in total. The number of ether oxygens (including phenoxy) is 1. The minimum Gasteiger partial charge on any atom is -0.483 e. The van der Waals surface area contributed by atoms with Crippen molar-refractivity contribution < 1.29 is 9.53 Å². The molecule has 0 bridgehead atoms. The molecule has 3 aromatic carbocycles. The van der Waals surface area contributed by atoms with Crippen LogP contribution in [0.4, 0.5) is 0 Å². The highest BCUT2D eigenvalue weighted by atomic mass is 16.5. The summed E-state index contributed by atoms with van der Waals surface area (Å²) < 4.78 is 5.55. The first-order chi connectivity index (χ1) is 12.1. The average Bonchev–Trinajstić information content (AvgIpc) is 2.62. The highest BCUT2D eigenvalue weighted by Gasteiger charge is 2.04. The maximum absolute atomic E-state index is 11.9. The number of hydrogen-bond donors (Lipinski definition) is 1. The minimum atomic E-state index is -0.294. The molecule has 0 aromatic heterocycles. The number of amides is 1. The number of aryl methyl sites for hydroxylation is 2. The van der Waals surface area contributed by atoms with Gasteiger partial charge in [-0.05, 0) is 53.4 Å². The Labute approximate surface area is 147 Å². The van der Waals surface area contributed by atoms with Gasteiger partial charge in [0.05, 0.1) is 6.21 Å². The van der Waals surface area contributed by atoms with E-state index >= 15 is 0 Å². The van der Waals surface area contributed by atoms with Gasteiger partial charge >= 0.3 is 0 Å². The number of nitrogens with one attached hydrogen (secondary N) is 1. The second-order valence-electron chi connectivity index (χ2n) is 5.96. The standard InChI is InChI=1S/C21H20N2O2/c1-15-7-8-16(2)20(11-15)25-14-21(24)23-22-13-17-9-10-18-5-3-4-6-19(18)12-17/h3-13H,14H2,1-2H3,(H,23,24)/b22-13-. The molecule has 0 fully saturated rings. The molecular formula is C21H20N2O2. The zero-order chi connectivity index (χ0) is 17.6. The van der Waals surface area contributed by atoms with Crippen LogP contribution in [0.1, 0.15) is 16.7 Å². The van der Waals surface area contributed by atoms with Gasteiger partial charge in [0.2, 0.25) is 0 Å². The van der Waals surface area contributed by atoms with Gasteiger partial charge in [0, 0.05) is 0 Å². The third-order valence-electron chi connectivity index (χ3n) is 3.88. The maximum atomic E-state index is 11.9. The highest BCUT2D eigenvalue weighted by Crippen LogP contribution is 2.18. The summed E-state index contributed by atoms with van der Waals surface area (Å²) in [5, 5.41) is 6.30. The second-order valence-corrected chi connectivity index (χ2v) is 5.96. The van der Waals surface area contributed by atoms with Crippen LogP contribution < -0.4 is 10.2 Å². The third-order valence-corrected chi connectivity index (χ3v) is 3.88. The number of rotatable bonds is 5. The van der Waals surface area contributed by atoms with E-state index in [1.165, 1.54) is 5.39 Å². The van der Waals surface area contributed by atoms with Gasteiger partial charge < -0.3 is 4.74 Å². The van der Waals surface area contributed by atoms with E-state index < -0.39 is 0 Å². The molecule has 0 saturated heterocycles. The Bertz CT molecular complexity index is 932. The van der Waals surface area contributed by atoms with Crippen molar-refractivity contribution in [3.63, 3.8) is 0 Å². The van der Waals surface area contributed by atoms with Crippen LogP contribution >= 0.6 is 0 Å². The maximum Gasteiger partial charge on any atom is 0.277 e. The van der Waals surface area contributed by atoms with Crippen molar-refractivity contribution in [3.8, 4) is 5.75 Å². The lowest BCUT2D eigenvalue weighted by atomic mass is 10.1. The summed E-state index contributed by atoms with van der Waals surface area (Å²) in [6.07, 6.45) is 1.63. The van der Waals surface area contributed by atoms with Crippen LogP contribution in [0.5, 0.6) is 5.75 Å². The number of fused-ring (bicyclic) bond motifs is 1. The third kappa shape index (κ3) is 4.44. The summed E-state index contributed by atoms with van der Waals surface area (Å²) in [5.41, 5.74) is 5.51. The number of hydrogen-bond acceptors (Lipinski definition) is 3. The van der Waals surface area contributed by atoms with Gasteiger partial charge in [-0.15, -0.1) is 0 Å². The first-order valence-corrected chi connectivity index (χ1v) is 8.12. The van der Waals surface area contributed by atoms with Crippen molar-refractivity contribution in [3.05, 3.63) is 77.4 Å². The van der Waals surface area contributed by atoms with Crippen LogP contribution in [-0.2, 0) is 4.79 Å². The quantitative estimate of drug-likeness (QED) is 0.567. The summed E-state index contributed by atoms with van der Waals surface area (Å²) >= 11 is 0. The monoisotopic (exact) mass is 332 g/mol. The van der Waals surface area contributed by atoms with E-state index in [0.717, 1.165) is 22.1 Å². The normalized spacial score (nSPS) is 11.0. The summed E-state index contributed by atoms with van der Waals surface area (Å²) in [7, 11) is 0. The summed E-state index contributed by atoms with van der Waals surface area (Å²) in [4.78, 5) is 11.9. The molecular weight excluding hydrogens is 312 g/mol. The largest absolute Gasteiger partial charge is 0.483 e. The van der Waals surface area contributed by atoms with Crippen LogP contribution in [0, 0.1) is 13.8 Å². The van der Waals surface area contributed by atoms with E-state index in [9.17, 15) is 4.79 Å². The molecule has 0 radical (unpaired) electrons. The Hall–Kier alpha value is -3.14. The van der Waals surface area contributed by atoms with Crippen LogP contribution in [-0.4, -0.2) is 18.7 Å². The first-order valence-electron chi connectivity index (χ1n) is 8.12. The fourth-order valence-electron chi connectivity index (χ4n) is 2.51. The molecule has 0 spiro atoms. The van der Waals surface area contributed by atoms with Crippen LogP contribution in [0.2, 0.25) is 0 Å². The summed E-state index contributed by atoms with van der Waals surface area (Å²) in [6.45, 7) is 3.87. The smallest absolute Gasteiger partial charge is 0.277 e. The van der Waals surface area contributed by atoms with E-state index in [0.29, 0.717) is 5.75 Å². The Balaban J connectivity index is 1.55. The summed E-state index contributed by atoms with van der Waals surface area (Å²) in [6, 6.07) is 20.0. The Morgan fingerprint density at radius 2 is 1.84 bits per heavy atom. The van der Waals surface area contributed by atoms with Gasteiger partial charge in [-0.3, -0.25) is 4.79 Å². The molecule has 0 unspecified atom stereocenters. The van der Waals surface area contributed by atoms with Crippen molar-refractivity contribution in [1.29, 1.82) is 0 Å². The van der Waals surface area contributed by atoms with Gasteiger partial charge in [0.1, 0.15) is 5.75 Å². The lowest BCUT2D eigenvalue weighted by molar-refractivity contribution is -0.123. The predicted octanol–water partition coefficient (Wildman–Crippen LogP) is 3.99. The zero-order valence-corrected chi connectivity index (χ0v) is 14.3. The van der Waals surface area contributed by atoms with Crippen molar-refractivity contribution in [2.75, 3.05) is 6.61 Å². The van der Waals surface area contributed by atoms with Crippen molar-refractivity contribution >= 4 is 22.9 Å². The van der Waals surface area contributed by atoms with Gasteiger partial charge in [0.25, 0.3) is 5.91 Å². The average molecular weight is 332 g/mol. The lowest BCUT2D eigenvalue weighted by Gasteiger charge is -2.08. The van der Waals surface area contributed by atoms with E-state index in [2.05, 4.69) is 16.6 Å². The summed E-state index contributed by atoms with van der Waals surface area (Å²) in [5.74, 6) is 0.423. The number of benzene rings is 3. The lowest BCUT2D eigenvalue weighted by Crippen LogP contribution is -2.24. The predicted molar refractivity (Wildman–Crippen MR) is 101 cm³/mol. The minimum absolute atomic E-state index is 0.0701. The molecule has 126 valence electrons. The van der Waals surface area contributed by atoms with Crippen molar-refractivity contribution in [1.82, 2.24) is 5.43 Å². The Kier molecular flexibility index (Phi) is 5.09. The molecule has 3 aromatic rings. The van der Waals surface area contributed by atoms with E-state index in [4.69, 9.17) is 4.74 Å². The van der Waals surface area contributed by atoms with Gasteiger partial charge in [-0.2, -0.15) is 5.10 Å². The molecule has 1 N–H and O–H groups in total. The van der Waals surface area contributed by atoms with Crippen LogP contribution in [0.3, 0.4) is 0 Å². The highest BCUT2D eigenvalue weighted by molar-refractivity contribution is 5.90. The number of carbonyl (C=O) groups is 1. The molecule has 0 aliphatic carbocycles. The first kappa shape index (κ1) is 16.7.